The molecule has 1 rings (SSSR count). The van der Waals surface area contributed by atoms with Crippen LogP contribution in [0.1, 0.15) is 32.8 Å². The SMILES string of the molecule is CCC(C)C(C)NCc1cc(Br)ccc1O.Cl. The summed E-state index contributed by atoms with van der Waals surface area (Å²) in [7, 11) is 0. The van der Waals surface area contributed by atoms with Gasteiger partial charge in [0.05, 0.1) is 0 Å². The zero-order valence-corrected chi connectivity index (χ0v) is 12.9. The van der Waals surface area contributed by atoms with Crippen molar-refractivity contribution in [3.8, 4) is 5.75 Å². The van der Waals surface area contributed by atoms with Crippen molar-refractivity contribution in [2.75, 3.05) is 0 Å². The van der Waals surface area contributed by atoms with Gasteiger partial charge in [0, 0.05) is 22.6 Å². The third-order valence-corrected chi connectivity index (χ3v) is 3.65. The van der Waals surface area contributed by atoms with E-state index in [1.54, 1.807) is 6.07 Å². The Morgan fingerprint density at radius 2 is 2.00 bits per heavy atom. The van der Waals surface area contributed by atoms with Crippen LogP contribution < -0.4 is 5.32 Å². The summed E-state index contributed by atoms with van der Waals surface area (Å²) in [5, 5.41) is 13.1. The number of aromatic hydroxyl groups is 1. The Morgan fingerprint density at radius 3 is 2.59 bits per heavy atom. The lowest BCUT2D eigenvalue weighted by Crippen LogP contribution is -2.31. The molecule has 2 nitrogen and oxygen atoms in total. The van der Waals surface area contributed by atoms with E-state index in [1.165, 1.54) is 6.42 Å². The average molecular weight is 323 g/mol. The molecule has 0 heterocycles. The van der Waals surface area contributed by atoms with Gasteiger partial charge in [0.25, 0.3) is 0 Å². The zero-order chi connectivity index (χ0) is 12.1. The number of halogens is 2. The van der Waals surface area contributed by atoms with E-state index >= 15 is 0 Å². The highest BCUT2D eigenvalue weighted by Gasteiger charge is 2.10. The third kappa shape index (κ3) is 5.28. The van der Waals surface area contributed by atoms with E-state index in [1.807, 2.05) is 12.1 Å². The second-order valence-electron chi connectivity index (χ2n) is 4.33. The molecule has 2 unspecified atom stereocenters. The van der Waals surface area contributed by atoms with Crippen molar-refractivity contribution in [2.45, 2.75) is 39.8 Å². The molecule has 0 aromatic heterocycles. The predicted octanol–water partition coefficient (Wildman–Crippen LogP) is 4.10. The molecule has 0 fully saturated rings. The standard InChI is InChI=1S/C13H20BrNO.ClH/c1-4-9(2)10(3)15-8-11-7-12(14)5-6-13(11)16;/h5-7,9-10,15-16H,4,8H2,1-3H3;1H. The van der Waals surface area contributed by atoms with Crippen LogP contribution in [0.3, 0.4) is 0 Å². The van der Waals surface area contributed by atoms with Gasteiger partial charge in [-0.25, -0.2) is 0 Å². The molecule has 0 saturated heterocycles. The number of benzene rings is 1. The maximum atomic E-state index is 9.68. The summed E-state index contributed by atoms with van der Waals surface area (Å²) in [4.78, 5) is 0. The molecule has 98 valence electrons. The van der Waals surface area contributed by atoms with Gasteiger partial charge in [-0.1, -0.05) is 36.2 Å². The van der Waals surface area contributed by atoms with Gasteiger partial charge in [-0.2, -0.15) is 0 Å². The summed E-state index contributed by atoms with van der Waals surface area (Å²) in [6.07, 6.45) is 1.17. The third-order valence-electron chi connectivity index (χ3n) is 3.15. The van der Waals surface area contributed by atoms with E-state index in [9.17, 15) is 5.11 Å². The minimum Gasteiger partial charge on any atom is -0.508 e. The smallest absolute Gasteiger partial charge is 0.120 e. The van der Waals surface area contributed by atoms with Crippen molar-refractivity contribution >= 4 is 28.3 Å². The van der Waals surface area contributed by atoms with Gasteiger partial charge in [-0.05, 0) is 31.0 Å². The van der Waals surface area contributed by atoms with Gasteiger partial charge in [-0.3, -0.25) is 0 Å². The number of rotatable bonds is 5. The normalized spacial score (nSPS) is 13.9. The maximum absolute atomic E-state index is 9.68. The highest BCUT2D eigenvalue weighted by atomic mass is 79.9. The Kier molecular flexibility index (Phi) is 7.84. The Morgan fingerprint density at radius 1 is 1.35 bits per heavy atom. The van der Waals surface area contributed by atoms with E-state index < -0.39 is 0 Å². The van der Waals surface area contributed by atoms with Crippen LogP contribution in [0.25, 0.3) is 0 Å². The molecular weight excluding hydrogens is 302 g/mol. The van der Waals surface area contributed by atoms with Gasteiger partial charge in [0.15, 0.2) is 0 Å². The first kappa shape index (κ1) is 16.8. The summed E-state index contributed by atoms with van der Waals surface area (Å²) >= 11 is 3.41. The molecule has 2 atom stereocenters. The summed E-state index contributed by atoms with van der Waals surface area (Å²) in [5.74, 6) is 1.00. The van der Waals surface area contributed by atoms with Gasteiger partial charge < -0.3 is 10.4 Å². The lowest BCUT2D eigenvalue weighted by Gasteiger charge is -2.20. The number of hydrogen-bond donors (Lipinski definition) is 2. The Hall–Kier alpha value is -0.250. The highest BCUT2D eigenvalue weighted by molar-refractivity contribution is 9.10. The largest absolute Gasteiger partial charge is 0.508 e. The van der Waals surface area contributed by atoms with Crippen molar-refractivity contribution in [2.24, 2.45) is 5.92 Å². The van der Waals surface area contributed by atoms with Crippen LogP contribution in [-0.2, 0) is 6.54 Å². The molecule has 17 heavy (non-hydrogen) atoms. The van der Waals surface area contributed by atoms with Crippen LogP contribution in [0, 0.1) is 5.92 Å². The minimum atomic E-state index is 0. The summed E-state index contributed by atoms with van der Waals surface area (Å²) in [6.45, 7) is 7.32. The van der Waals surface area contributed by atoms with Crippen molar-refractivity contribution < 1.29 is 5.11 Å². The van der Waals surface area contributed by atoms with Crippen LogP contribution in [0.2, 0.25) is 0 Å². The van der Waals surface area contributed by atoms with Crippen molar-refractivity contribution in [1.29, 1.82) is 0 Å². The van der Waals surface area contributed by atoms with Gasteiger partial charge in [0.2, 0.25) is 0 Å². The number of nitrogens with one attached hydrogen (secondary N) is 1. The monoisotopic (exact) mass is 321 g/mol. The predicted molar refractivity (Wildman–Crippen MR) is 78.8 cm³/mol. The fourth-order valence-corrected chi connectivity index (χ4v) is 1.93. The molecule has 0 saturated carbocycles. The Balaban J connectivity index is 0.00000256. The fourth-order valence-electron chi connectivity index (χ4n) is 1.52. The molecule has 0 spiro atoms. The van der Waals surface area contributed by atoms with E-state index in [-0.39, 0.29) is 12.4 Å². The summed E-state index contributed by atoms with van der Waals surface area (Å²) in [6, 6.07) is 5.97. The van der Waals surface area contributed by atoms with Gasteiger partial charge in [-0.15, -0.1) is 12.4 Å². The minimum absolute atomic E-state index is 0. The topological polar surface area (TPSA) is 32.3 Å². The first-order valence-electron chi connectivity index (χ1n) is 5.75. The lowest BCUT2D eigenvalue weighted by atomic mass is 10.0. The fraction of sp³-hybridized carbons (Fsp3) is 0.538. The molecule has 0 aliphatic rings. The molecule has 0 amide bonds. The molecule has 4 heteroatoms. The Bertz CT molecular complexity index is 346. The second-order valence-corrected chi connectivity index (χ2v) is 5.24. The molecular formula is C13H21BrClNO. The van der Waals surface area contributed by atoms with Gasteiger partial charge in [0.1, 0.15) is 5.75 Å². The second kappa shape index (κ2) is 7.96. The quantitative estimate of drug-likeness (QED) is 0.855. The van der Waals surface area contributed by atoms with Crippen LogP contribution in [0.5, 0.6) is 5.75 Å². The van der Waals surface area contributed by atoms with Gasteiger partial charge >= 0.3 is 0 Å². The van der Waals surface area contributed by atoms with Crippen LogP contribution in [0.4, 0.5) is 0 Å². The van der Waals surface area contributed by atoms with Crippen molar-refractivity contribution in [3.63, 3.8) is 0 Å². The maximum Gasteiger partial charge on any atom is 0.120 e. The van der Waals surface area contributed by atoms with Crippen molar-refractivity contribution in [3.05, 3.63) is 28.2 Å². The van der Waals surface area contributed by atoms with E-state index in [0.29, 0.717) is 24.3 Å². The molecule has 1 aromatic carbocycles. The number of phenolic OH excluding ortho intramolecular Hbond substituents is 1. The van der Waals surface area contributed by atoms with Crippen molar-refractivity contribution in [1.82, 2.24) is 5.32 Å². The van der Waals surface area contributed by atoms with E-state index in [4.69, 9.17) is 0 Å². The highest BCUT2D eigenvalue weighted by Crippen LogP contribution is 2.22. The summed E-state index contributed by atoms with van der Waals surface area (Å²) in [5.41, 5.74) is 0.935. The van der Waals surface area contributed by atoms with Crippen LogP contribution in [-0.4, -0.2) is 11.1 Å². The zero-order valence-electron chi connectivity index (χ0n) is 10.5. The Labute approximate surface area is 118 Å². The number of hydrogen-bond acceptors (Lipinski definition) is 2. The van der Waals surface area contributed by atoms with E-state index in [0.717, 1.165) is 10.0 Å². The first-order chi connectivity index (χ1) is 7.54. The van der Waals surface area contributed by atoms with E-state index in [2.05, 4.69) is 42.0 Å². The lowest BCUT2D eigenvalue weighted by molar-refractivity contribution is 0.384. The molecule has 0 bridgehead atoms. The summed E-state index contributed by atoms with van der Waals surface area (Å²) < 4.78 is 0.998. The van der Waals surface area contributed by atoms with Crippen LogP contribution >= 0.6 is 28.3 Å². The molecule has 1 aromatic rings. The average Bonchev–Trinajstić information content (AvgIpc) is 2.28. The molecule has 0 aliphatic carbocycles. The number of phenols is 1. The molecule has 0 radical (unpaired) electrons. The molecule has 0 aliphatic heterocycles. The molecule has 2 N–H and O–H groups in total. The first-order valence-corrected chi connectivity index (χ1v) is 6.54. The van der Waals surface area contributed by atoms with Crippen LogP contribution in [0.15, 0.2) is 22.7 Å².